The molecule has 2 aliphatic rings. The molecule has 1 saturated heterocycles. The lowest BCUT2D eigenvalue weighted by Gasteiger charge is -2.40. The summed E-state index contributed by atoms with van der Waals surface area (Å²) in [6.07, 6.45) is 0. The molecule has 170 valence electrons. The van der Waals surface area contributed by atoms with E-state index in [1.807, 2.05) is 30.7 Å². The molecule has 0 spiro atoms. The Hall–Kier alpha value is -2.59. The Bertz CT molecular complexity index is 818. The van der Waals surface area contributed by atoms with Crippen molar-refractivity contribution < 1.29 is 19.1 Å². The number of thiophene rings is 1. The molecule has 1 aromatic rings. The Balaban J connectivity index is 1.88. The molecular weight excluding hydrogens is 418 g/mol. The van der Waals surface area contributed by atoms with Gasteiger partial charge in [-0.25, -0.2) is 14.4 Å². The highest BCUT2D eigenvalue weighted by Crippen LogP contribution is 2.33. The number of piperazine rings is 1. The minimum absolute atomic E-state index is 0.0571. The number of nitrogens with zero attached hydrogens (tertiary/aromatic N) is 3. The first-order valence-electron chi connectivity index (χ1n) is 10.7. The maximum Gasteiger partial charge on any atom is 0.338 e. The number of rotatable bonds is 7. The van der Waals surface area contributed by atoms with Crippen LogP contribution >= 0.6 is 11.3 Å². The SMILES string of the molecule is CCNC(=O)N1CCN(CC2=C(C(=O)OCC)[C@H](c3ccsc3)NC(=O)N2CC)CC1. The summed E-state index contributed by atoms with van der Waals surface area (Å²) in [5.41, 5.74) is 2.02. The van der Waals surface area contributed by atoms with Crippen molar-refractivity contribution in [3.8, 4) is 0 Å². The Morgan fingerprint density at radius 3 is 2.55 bits per heavy atom. The summed E-state index contributed by atoms with van der Waals surface area (Å²) >= 11 is 1.52. The van der Waals surface area contributed by atoms with E-state index in [4.69, 9.17) is 4.74 Å². The van der Waals surface area contributed by atoms with E-state index < -0.39 is 12.0 Å². The van der Waals surface area contributed by atoms with E-state index in [1.54, 1.807) is 16.7 Å². The lowest BCUT2D eigenvalue weighted by molar-refractivity contribution is -0.139. The standard InChI is InChI=1S/C21H31N5O4S/c1-4-22-20(28)25-10-8-24(9-11-25)13-16-17(19(27)30-6-3)18(15-7-12-31-14-15)23-21(29)26(16)5-2/h7,12,14,18H,4-6,8-11,13H2,1-3H3,(H,22,28)(H,23,29)/t18-/m0/s1. The third-order valence-electron chi connectivity index (χ3n) is 5.49. The van der Waals surface area contributed by atoms with Gasteiger partial charge in [0.1, 0.15) is 0 Å². The van der Waals surface area contributed by atoms with Crippen LogP contribution in [-0.2, 0) is 9.53 Å². The average molecular weight is 450 g/mol. The number of hydrogen-bond acceptors (Lipinski definition) is 6. The van der Waals surface area contributed by atoms with Crippen LogP contribution in [0.15, 0.2) is 28.1 Å². The van der Waals surface area contributed by atoms with Crippen molar-refractivity contribution in [3.05, 3.63) is 33.7 Å². The molecule has 0 aliphatic carbocycles. The van der Waals surface area contributed by atoms with Crippen LogP contribution in [0.1, 0.15) is 32.4 Å². The highest BCUT2D eigenvalue weighted by molar-refractivity contribution is 7.08. The fourth-order valence-corrected chi connectivity index (χ4v) is 4.62. The molecule has 0 radical (unpaired) electrons. The highest BCUT2D eigenvalue weighted by Gasteiger charge is 2.38. The average Bonchev–Trinajstić information content (AvgIpc) is 3.29. The topological polar surface area (TPSA) is 94.2 Å². The van der Waals surface area contributed by atoms with Crippen molar-refractivity contribution in [3.63, 3.8) is 0 Å². The molecule has 0 bridgehead atoms. The first kappa shape index (κ1) is 23.1. The smallest absolute Gasteiger partial charge is 0.338 e. The van der Waals surface area contributed by atoms with Gasteiger partial charge >= 0.3 is 18.0 Å². The maximum atomic E-state index is 13.0. The van der Waals surface area contributed by atoms with Crippen LogP contribution in [0.2, 0.25) is 0 Å². The van der Waals surface area contributed by atoms with Crippen LogP contribution < -0.4 is 10.6 Å². The summed E-state index contributed by atoms with van der Waals surface area (Å²) in [6.45, 7) is 9.83. The van der Waals surface area contributed by atoms with E-state index in [0.717, 1.165) is 5.56 Å². The fraction of sp³-hybridized carbons (Fsp3) is 0.571. The van der Waals surface area contributed by atoms with Gasteiger partial charge in [-0.1, -0.05) is 0 Å². The predicted octanol–water partition coefficient (Wildman–Crippen LogP) is 2.00. The van der Waals surface area contributed by atoms with Crippen molar-refractivity contribution in [2.45, 2.75) is 26.8 Å². The van der Waals surface area contributed by atoms with Gasteiger partial charge in [0, 0.05) is 51.5 Å². The van der Waals surface area contributed by atoms with Gasteiger partial charge in [0.15, 0.2) is 0 Å². The van der Waals surface area contributed by atoms with Crippen LogP contribution in [0.3, 0.4) is 0 Å². The zero-order chi connectivity index (χ0) is 22.4. The van der Waals surface area contributed by atoms with Crippen molar-refractivity contribution in [1.29, 1.82) is 0 Å². The van der Waals surface area contributed by atoms with E-state index in [2.05, 4.69) is 15.5 Å². The van der Waals surface area contributed by atoms with E-state index in [9.17, 15) is 14.4 Å². The zero-order valence-corrected chi connectivity index (χ0v) is 19.2. The van der Waals surface area contributed by atoms with Crippen LogP contribution in [0.4, 0.5) is 9.59 Å². The monoisotopic (exact) mass is 449 g/mol. The molecule has 1 aromatic heterocycles. The van der Waals surface area contributed by atoms with Crippen LogP contribution in [0.25, 0.3) is 0 Å². The van der Waals surface area contributed by atoms with E-state index in [1.165, 1.54) is 11.3 Å². The summed E-state index contributed by atoms with van der Waals surface area (Å²) < 4.78 is 5.38. The number of hydrogen-bond donors (Lipinski definition) is 2. The van der Waals surface area contributed by atoms with Crippen molar-refractivity contribution in [2.24, 2.45) is 0 Å². The summed E-state index contributed by atoms with van der Waals surface area (Å²) in [5, 5.41) is 9.66. The second kappa shape index (κ2) is 10.6. The number of amides is 4. The molecule has 10 heteroatoms. The number of likely N-dealkylation sites (N-methyl/N-ethyl adjacent to an activating group) is 1. The molecule has 1 atom stereocenters. The number of esters is 1. The minimum Gasteiger partial charge on any atom is -0.463 e. The largest absolute Gasteiger partial charge is 0.463 e. The Morgan fingerprint density at radius 1 is 1.23 bits per heavy atom. The zero-order valence-electron chi connectivity index (χ0n) is 18.3. The van der Waals surface area contributed by atoms with Crippen LogP contribution in [0, 0.1) is 0 Å². The molecule has 0 aromatic carbocycles. The van der Waals surface area contributed by atoms with Crippen LogP contribution in [-0.4, -0.2) is 85.2 Å². The van der Waals surface area contributed by atoms with Gasteiger partial charge in [0.05, 0.1) is 18.2 Å². The molecule has 4 amide bonds. The molecule has 0 unspecified atom stereocenters. The third kappa shape index (κ3) is 5.19. The maximum absolute atomic E-state index is 13.0. The third-order valence-corrected chi connectivity index (χ3v) is 6.19. The van der Waals surface area contributed by atoms with Gasteiger partial charge in [-0.3, -0.25) is 9.80 Å². The molecule has 31 heavy (non-hydrogen) atoms. The molecule has 3 heterocycles. The van der Waals surface area contributed by atoms with Crippen molar-refractivity contribution >= 4 is 29.4 Å². The summed E-state index contributed by atoms with van der Waals surface area (Å²) in [4.78, 5) is 43.6. The highest BCUT2D eigenvalue weighted by atomic mass is 32.1. The normalized spacial score (nSPS) is 20.0. The summed E-state index contributed by atoms with van der Waals surface area (Å²) in [7, 11) is 0. The summed E-state index contributed by atoms with van der Waals surface area (Å²) in [5.74, 6) is -0.409. The number of nitrogens with one attached hydrogen (secondary N) is 2. The van der Waals surface area contributed by atoms with Gasteiger partial charge in [0.25, 0.3) is 0 Å². The number of ether oxygens (including phenoxy) is 1. The molecule has 9 nitrogen and oxygen atoms in total. The van der Waals surface area contributed by atoms with Gasteiger partial charge in [-0.05, 0) is 43.2 Å². The van der Waals surface area contributed by atoms with Crippen LogP contribution in [0.5, 0.6) is 0 Å². The Kier molecular flexibility index (Phi) is 7.91. The first-order valence-corrected chi connectivity index (χ1v) is 11.7. The Labute approximate surface area is 187 Å². The molecule has 0 saturated carbocycles. The molecule has 2 N–H and O–H groups in total. The lowest BCUT2D eigenvalue weighted by Crippen LogP contribution is -2.54. The van der Waals surface area contributed by atoms with Gasteiger partial charge < -0.3 is 20.3 Å². The van der Waals surface area contributed by atoms with Gasteiger partial charge in [0.2, 0.25) is 0 Å². The molecular formula is C21H31N5O4S. The quantitative estimate of drug-likeness (QED) is 0.621. The molecule has 3 rings (SSSR count). The van der Waals surface area contributed by atoms with Crippen molar-refractivity contribution in [2.75, 3.05) is 52.4 Å². The second-order valence-corrected chi connectivity index (χ2v) is 8.14. The fourth-order valence-electron chi connectivity index (χ4n) is 3.93. The number of carbonyl (C=O) groups excluding carboxylic acids is 3. The number of carbonyl (C=O) groups is 3. The first-order chi connectivity index (χ1) is 15.0. The predicted molar refractivity (Wildman–Crippen MR) is 119 cm³/mol. The van der Waals surface area contributed by atoms with Gasteiger partial charge in [-0.2, -0.15) is 11.3 Å². The Morgan fingerprint density at radius 2 is 1.97 bits per heavy atom. The second-order valence-electron chi connectivity index (χ2n) is 7.36. The van der Waals surface area contributed by atoms with E-state index >= 15 is 0 Å². The molecule has 1 fully saturated rings. The molecule has 2 aliphatic heterocycles. The minimum atomic E-state index is -0.535. The van der Waals surface area contributed by atoms with Gasteiger partial charge in [-0.15, -0.1) is 0 Å². The lowest BCUT2D eigenvalue weighted by atomic mass is 9.96. The van der Waals surface area contributed by atoms with E-state index in [0.29, 0.717) is 57.1 Å². The summed E-state index contributed by atoms with van der Waals surface area (Å²) in [6, 6.07) is 1.10. The van der Waals surface area contributed by atoms with E-state index in [-0.39, 0.29) is 18.7 Å². The number of urea groups is 2. The van der Waals surface area contributed by atoms with Crippen molar-refractivity contribution in [1.82, 2.24) is 25.3 Å².